The van der Waals surface area contributed by atoms with Gasteiger partial charge in [0.1, 0.15) is 19.2 Å². The minimum atomic E-state index is -0.281. The number of unbranched alkanes of at least 4 members (excludes halogenated alkanes) is 3. The summed E-state index contributed by atoms with van der Waals surface area (Å²) in [6.45, 7) is 2.37. The van der Waals surface area contributed by atoms with E-state index >= 15 is 0 Å². The summed E-state index contributed by atoms with van der Waals surface area (Å²) in [4.78, 5) is 10.5. The van der Waals surface area contributed by atoms with E-state index in [4.69, 9.17) is 9.47 Å². The molecule has 0 aromatic heterocycles. The summed E-state index contributed by atoms with van der Waals surface area (Å²) in [6, 6.07) is 0. The van der Waals surface area contributed by atoms with E-state index < -0.39 is 0 Å². The van der Waals surface area contributed by atoms with Gasteiger partial charge in [-0.3, -0.25) is 0 Å². The Kier molecular flexibility index (Phi) is 9.37. The second-order valence-electron chi connectivity index (χ2n) is 3.10. The van der Waals surface area contributed by atoms with E-state index in [9.17, 15) is 4.79 Å². The van der Waals surface area contributed by atoms with E-state index in [1.54, 1.807) is 7.11 Å². The maximum atomic E-state index is 10.5. The molecule has 0 heterocycles. The lowest BCUT2D eigenvalue weighted by atomic mass is 10.1. The monoisotopic (exact) mass is 188 g/mol. The molecule has 0 bridgehead atoms. The Hall–Kier alpha value is -0.410. The molecule has 0 amide bonds. The van der Waals surface area contributed by atoms with Crippen molar-refractivity contribution in [1.82, 2.24) is 0 Å². The summed E-state index contributed by atoms with van der Waals surface area (Å²) in [5.74, 6) is 0. The van der Waals surface area contributed by atoms with Crippen LogP contribution in [0.4, 0.5) is 0 Å². The van der Waals surface area contributed by atoms with Crippen LogP contribution in [-0.2, 0) is 14.3 Å². The van der Waals surface area contributed by atoms with Gasteiger partial charge in [-0.25, -0.2) is 0 Å². The maximum absolute atomic E-state index is 10.5. The van der Waals surface area contributed by atoms with Crippen LogP contribution >= 0.6 is 0 Å². The Bertz CT molecular complexity index is 115. The van der Waals surface area contributed by atoms with Crippen LogP contribution in [0.1, 0.15) is 39.0 Å². The molecule has 1 atom stereocenters. The highest BCUT2D eigenvalue weighted by molar-refractivity contribution is 5.55. The number of methoxy groups -OCH3 is 1. The molecule has 0 saturated heterocycles. The van der Waals surface area contributed by atoms with Gasteiger partial charge in [0.05, 0.1) is 0 Å². The van der Waals surface area contributed by atoms with Crippen LogP contribution < -0.4 is 0 Å². The molecule has 0 N–H and O–H groups in total. The zero-order chi connectivity index (χ0) is 9.94. The lowest BCUT2D eigenvalue weighted by Gasteiger charge is -2.10. The number of hydrogen-bond acceptors (Lipinski definition) is 3. The van der Waals surface area contributed by atoms with E-state index in [2.05, 4.69) is 6.92 Å². The molecule has 0 aliphatic rings. The molecule has 0 aromatic carbocycles. The van der Waals surface area contributed by atoms with Crippen molar-refractivity contribution >= 4 is 6.29 Å². The first kappa shape index (κ1) is 12.6. The topological polar surface area (TPSA) is 35.5 Å². The smallest absolute Gasteiger partial charge is 0.148 e. The van der Waals surface area contributed by atoms with Crippen molar-refractivity contribution < 1.29 is 14.3 Å². The van der Waals surface area contributed by atoms with E-state index in [-0.39, 0.29) is 12.9 Å². The normalized spacial score (nSPS) is 12.8. The van der Waals surface area contributed by atoms with Gasteiger partial charge in [-0.05, 0) is 6.42 Å². The Morgan fingerprint density at radius 2 is 2.08 bits per heavy atom. The Morgan fingerprint density at radius 3 is 2.62 bits per heavy atom. The number of rotatable bonds is 9. The van der Waals surface area contributed by atoms with Gasteiger partial charge in [0, 0.05) is 7.11 Å². The van der Waals surface area contributed by atoms with Crippen molar-refractivity contribution in [3.05, 3.63) is 0 Å². The molecule has 0 saturated carbocycles. The van der Waals surface area contributed by atoms with E-state index in [0.29, 0.717) is 0 Å². The van der Waals surface area contributed by atoms with Gasteiger partial charge in [-0.2, -0.15) is 0 Å². The highest BCUT2D eigenvalue weighted by Gasteiger charge is 2.05. The van der Waals surface area contributed by atoms with Gasteiger partial charge in [-0.15, -0.1) is 0 Å². The Labute approximate surface area is 80.4 Å². The first-order valence-electron chi connectivity index (χ1n) is 4.91. The van der Waals surface area contributed by atoms with Crippen LogP contribution in [0.3, 0.4) is 0 Å². The molecule has 0 aliphatic heterocycles. The summed E-state index contributed by atoms with van der Waals surface area (Å²) >= 11 is 0. The summed E-state index contributed by atoms with van der Waals surface area (Å²) in [5, 5.41) is 0. The van der Waals surface area contributed by atoms with E-state index in [1.807, 2.05) is 0 Å². The van der Waals surface area contributed by atoms with Gasteiger partial charge in [0.2, 0.25) is 0 Å². The van der Waals surface area contributed by atoms with Crippen molar-refractivity contribution in [3.63, 3.8) is 0 Å². The molecule has 0 spiro atoms. The van der Waals surface area contributed by atoms with Crippen LogP contribution in [0.25, 0.3) is 0 Å². The molecular formula is C10H20O3. The largest absolute Gasteiger partial charge is 0.359 e. The SMILES string of the molecule is CCCCCCC(C=O)OCOC. The summed E-state index contributed by atoms with van der Waals surface area (Å²) in [7, 11) is 1.55. The van der Waals surface area contributed by atoms with Crippen LogP contribution in [0.5, 0.6) is 0 Å². The minimum absolute atomic E-state index is 0.206. The van der Waals surface area contributed by atoms with Crippen molar-refractivity contribution in [2.24, 2.45) is 0 Å². The van der Waals surface area contributed by atoms with Crippen LogP contribution in [0.2, 0.25) is 0 Å². The quantitative estimate of drug-likeness (QED) is 0.316. The maximum Gasteiger partial charge on any atom is 0.148 e. The lowest BCUT2D eigenvalue weighted by Crippen LogP contribution is -2.15. The molecular weight excluding hydrogens is 168 g/mol. The first-order valence-corrected chi connectivity index (χ1v) is 4.91. The average molecular weight is 188 g/mol. The number of carbonyl (C=O) groups is 1. The van der Waals surface area contributed by atoms with Crippen molar-refractivity contribution in [3.8, 4) is 0 Å². The molecule has 0 aliphatic carbocycles. The molecule has 0 rings (SSSR count). The van der Waals surface area contributed by atoms with Crippen molar-refractivity contribution in [2.75, 3.05) is 13.9 Å². The van der Waals surface area contributed by atoms with Gasteiger partial charge < -0.3 is 14.3 Å². The van der Waals surface area contributed by atoms with Crippen molar-refractivity contribution in [2.45, 2.75) is 45.1 Å². The fourth-order valence-electron chi connectivity index (χ4n) is 1.12. The predicted molar refractivity (Wildman–Crippen MR) is 51.6 cm³/mol. The molecule has 0 fully saturated rings. The van der Waals surface area contributed by atoms with Crippen LogP contribution in [0, 0.1) is 0 Å². The summed E-state index contributed by atoms with van der Waals surface area (Å²) < 4.78 is 9.85. The molecule has 3 heteroatoms. The van der Waals surface area contributed by atoms with Gasteiger partial charge in [0.25, 0.3) is 0 Å². The number of hydrogen-bond donors (Lipinski definition) is 0. The number of carbonyl (C=O) groups excluding carboxylic acids is 1. The molecule has 1 unspecified atom stereocenters. The van der Waals surface area contributed by atoms with Gasteiger partial charge in [0.15, 0.2) is 0 Å². The second kappa shape index (κ2) is 9.68. The fourth-order valence-corrected chi connectivity index (χ4v) is 1.12. The molecule has 0 aromatic rings. The molecule has 0 radical (unpaired) electrons. The first-order chi connectivity index (χ1) is 6.35. The Balaban J connectivity index is 3.31. The fraction of sp³-hybridized carbons (Fsp3) is 0.900. The van der Waals surface area contributed by atoms with E-state index in [1.165, 1.54) is 19.3 Å². The number of aldehydes is 1. The zero-order valence-electron chi connectivity index (χ0n) is 8.62. The summed E-state index contributed by atoms with van der Waals surface area (Å²) in [6.07, 6.45) is 6.06. The van der Waals surface area contributed by atoms with Gasteiger partial charge in [-0.1, -0.05) is 32.6 Å². The standard InChI is InChI=1S/C10H20O3/c1-3-4-5-6-7-10(8-11)13-9-12-2/h8,10H,3-7,9H2,1-2H3. The third-order valence-electron chi connectivity index (χ3n) is 1.89. The molecule has 3 nitrogen and oxygen atoms in total. The van der Waals surface area contributed by atoms with Crippen LogP contribution in [-0.4, -0.2) is 26.3 Å². The van der Waals surface area contributed by atoms with Crippen molar-refractivity contribution in [1.29, 1.82) is 0 Å². The number of ether oxygens (including phenoxy) is 2. The third kappa shape index (κ3) is 7.94. The Morgan fingerprint density at radius 1 is 1.31 bits per heavy atom. The zero-order valence-corrected chi connectivity index (χ0v) is 8.62. The summed E-state index contributed by atoms with van der Waals surface area (Å²) in [5.41, 5.74) is 0. The highest BCUT2D eigenvalue weighted by Crippen LogP contribution is 2.06. The third-order valence-corrected chi connectivity index (χ3v) is 1.89. The lowest BCUT2D eigenvalue weighted by molar-refractivity contribution is -0.128. The van der Waals surface area contributed by atoms with Crippen LogP contribution in [0.15, 0.2) is 0 Å². The second-order valence-corrected chi connectivity index (χ2v) is 3.10. The average Bonchev–Trinajstić information content (AvgIpc) is 2.17. The van der Waals surface area contributed by atoms with Gasteiger partial charge >= 0.3 is 0 Å². The highest BCUT2D eigenvalue weighted by atomic mass is 16.7. The molecule has 78 valence electrons. The minimum Gasteiger partial charge on any atom is -0.359 e. The predicted octanol–water partition coefficient (Wildman–Crippen LogP) is 2.14. The van der Waals surface area contributed by atoms with E-state index in [0.717, 1.165) is 19.1 Å². The molecule has 13 heavy (non-hydrogen) atoms.